The van der Waals surface area contributed by atoms with Crippen molar-refractivity contribution >= 4 is 5.78 Å². The van der Waals surface area contributed by atoms with Crippen LogP contribution < -0.4 is 0 Å². The van der Waals surface area contributed by atoms with E-state index in [0.717, 1.165) is 0 Å². The molecular formula is C11H16O5. The molecule has 0 amide bonds. The Kier molecular flexibility index (Phi) is 4.82. The summed E-state index contributed by atoms with van der Waals surface area (Å²) in [5, 5.41) is 27.9. The van der Waals surface area contributed by atoms with Crippen LogP contribution in [-0.4, -0.2) is 52.6 Å². The van der Waals surface area contributed by atoms with Crippen molar-refractivity contribution in [3.63, 3.8) is 0 Å². The third-order valence-corrected chi connectivity index (χ3v) is 2.34. The number of hydrogen-bond donors (Lipinski definition) is 3. The number of aliphatic hydroxyl groups is 3. The lowest BCUT2D eigenvalue weighted by Crippen LogP contribution is -2.46. The number of allylic oxidation sites excluding steroid dienone is 1. The van der Waals surface area contributed by atoms with Gasteiger partial charge in [0.25, 0.3) is 0 Å². The fraction of sp³-hybridized carbons (Fsp3) is 0.545. The lowest BCUT2D eigenvalue weighted by Gasteiger charge is -2.26. The molecule has 0 saturated carbocycles. The van der Waals surface area contributed by atoms with E-state index in [1.165, 1.54) is 6.08 Å². The van der Waals surface area contributed by atoms with E-state index in [4.69, 9.17) is 4.74 Å². The van der Waals surface area contributed by atoms with Gasteiger partial charge in [-0.05, 0) is 13.0 Å². The van der Waals surface area contributed by atoms with Crippen molar-refractivity contribution in [3.8, 4) is 0 Å². The van der Waals surface area contributed by atoms with E-state index in [1.807, 2.05) is 13.0 Å². The first-order chi connectivity index (χ1) is 7.57. The fourth-order valence-corrected chi connectivity index (χ4v) is 1.37. The maximum Gasteiger partial charge on any atom is 0.192 e. The van der Waals surface area contributed by atoms with Gasteiger partial charge >= 0.3 is 0 Å². The average molecular weight is 228 g/mol. The Morgan fingerprint density at radius 3 is 2.75 bits per heavy atom. The smallest absolute Gasteiger partial charge is 0.192 e. The summed E-state index contributed by atoms with van der Waals surface area (Å²) in [5.74, 6) is -0.599. The fourth-order valence-electron chi connectivity index (χ4n) is 1.37. The number of Topliss-reactive ketones (excluding diaryl/α,β-unsaturated/α-hetero) is 1. The van der Waals surface area contributed by atoms with E-state index >= 15 is 0 Å². The third kappa shape index (κ3) is 2.99. The maximum atomic E-state index is 11.5. The van der Waals surface area contributed by atoms with Crippen LogP contribution >= 0.6 is 0 Å². The molecule has 0 aliphatic heterocycles. The Morgan fingerprint density at radius 1 is 1.44 bits per heavy atom. The summed E-state index contributed by atoms with van der Waals surface area (Å²) in [5.41, 5.74) is 0.190. The average Bonchev–Trinajstić information content (AvgIpc) is 2.28. The van der Waals surface area contributed by atoms with Crippen LogP contribution in [0.25, 0.3) is 0 Å². The standard InChI is InChI=1S/C11H16O5/c1-2-3-4-16-6-7-5-8(12)10(14)11(15)9(7)13/h2-3,5,8,10-12,14-15H,4,6H2,1H3/b3-2+/t8-,10-,11+/m1/s1. The van der Waals surface area contributed by atoms with E-state index in [9.17, 15) is 20.1 Å². The largest absolute Gasteiger partial charge is 0.387 e. The van der Waals surface area contributed by atoms with E-state index in [1.54, 1.807) is 6.08 Å². The van der Waals surface area contributed by atoms with Crippen LogP contribution in [0, 0.1) is 0 Å². The maximum absolute atomic E-state index is 11.5. The number of aliphatic hydroxyl groups excluding tert-OH is 3. The van der Waals surface area contributed by atoms with Crippen molar-refractivity contribution < 1.29 is 24.9 Å². The summed E-state index contributed by atoms with van der Waals surface area (Å²) in [4.78, 5) is 11.5. The second kappa shape index (κ2) is 5.91. The Balaban J connectivity index is 2.58. The van der Waals surface area contributed by atoms with Gasteiger partial charge in [-0.1, -0.05) is 12.2 Å². The van der Waals surface area contributed by atoms with Gasteiger partial charge in [0.05, 0.1) is 13.2 Å². The van der Waals surface area contributed by atoms with Crippen LogP contribution in [0.2, 0.25) is 0 Å². The Morgan fingerprint density at radius 2 is 2.12 bits per heavy atom. The second-order valence-electron chi connectivity index (χ2n) is 3.57. The van der Waals surface area contributed by atoms with Crippen molar-refractivity contribution in [2.75, 3.05) is 13.2 Å². The summed E-state index contributed by atoms with van der Waals surface area (Å²) < 4.78 is 5.14. The first-order valence-corrected chi connectivity index (χ1v) is 5.06. The van der Waals surface area contributed by atoms with Crippen LogP contribution in [0.4, 0.5) is 0 Å². The Labute approximate surface area is 93.7 Å². The SMILES string of the molecule is C/C=C/COCC1=C[C@@H](O)[C@@H](O)[C@@H](O)C1=O. The number of ketones is 1. The highest BCUT2D eigenvalue weighted by atomic mass is 16.5. The Bertz CT molecular complexity index is 307. The van der Waals surface area contributed by atoms with Gasteiger partial charge in [0.1, 0.15) is 18.3 Å². The van der Waals surface area contributed by atoms with Crippen molar-refractivity contribution in [2.24, 2.45) is 0 Å². The van der Waals surface area contributed by atoms with E-state index in [0.29, 0.717) is 6.61 Å². The van der Waals surface area contributed by atoms with Gasteiger partial charge in [-0.3, -0.25) is 4.79 Å². The normalized spacial score (nSPS) is 30.9. The van der Waals surface area contributed by atoms with Crippen molar-refractivity contribution in [3.05, 3.63) is 23.8 Å². The van der Waals surface area contributed by atoms with Gasteiger partial charge in [-0.2, -0.15) is 0 Å². The zero-order valence-electron chi connectivity index (χ0n) is 9.04. The topological polar surface area (TPSA) is 87.0 Å². The van der Waals surface area contributed by atoms with E-state index in [2.05, 4.69) is 0 Å². The summed E-state index contributed by atoms with van der Waals surface area (Å²) >= 11 is 0. The molecule has 0 aromatic rings. The summed E-state index contributed by atoms with van der Waals surface area (Å²) in [7, 11) is 0. The van der Waals surface area contributed by atoms with E-state index < -0.39 is 24.1 Å². The molecule has 90 valence electrons. The van der Waals surface area contributed by atoms with Crippen LogP contribution in [0.3, 0.4) is 0 Å². The summed E-state index contributed by atoms with van der Waals surface area (Å²) in [6.07, 6.45) is 0.551. The quantitative estimate of drug-likeness (QED) is 0.432. The molecule has 16 heavy (non-hydrogen) atoms. The molecule has 1 aliphatic carbocycles. The Hall–Kier alpha value is -1.01. The van der Waals surface area contributed by atoms with Crippen molar-refractivity contribution in [1.29, 1.82) is 0 Å². The third-order valence-electron chi connectivity index (χ3n) is 2.34. The highest BCUT2D eigenvalue weighted by Gasteiger charge is 2.35. The van der Waals surface area contributed by atoms with Crippen molar-refractivity contribution in [1.82, 2.24) is 0 Å². The highest BCUT2D eigenvalue weighted by Crippen LogP contribution is 2.16. The number of hydrogen-bond acceptors (Lipinski definition) is 5. The lowest BCUT2D eigenvalue weighted by atomic mass is 9.91. The molecule has 1 aliphatic rings. The summed E-state index contributed by atoms with van der Waals surface area (Å²) in [6, 6.07) is 0. The molecule has 0 spiro atoms. The van der Waals surface area contributed by atoms with Gasteiger partial charge in [0, 0.05) is 5.57 Å². The molecule has 0 fully saturated rings. The van der Waals surface area contributed by atoms with Crippen LogP contribution in [0.15, 0.2) is 23.8 Å². The van der Waals surface area contributed by atoms with E-state index in [-0.39, 0.29) is 12.2 Å². The van der Waals surface area contributed by atoms with Crippen LogP contribution in [0.1, 0.15) is 6.92 Å². The minimum absolute atomic E-state index is 0.0179. The van der Waals surface area contributed by atoms with Gasteiger partial charge < -0.3 is 20.1 Å². The molecule has 1 rings (SSSR count). The van der Waals surface area contributed by atoms with Crippen LogP contribution in [0.5, 0.6) is 0 Å². The molecule has 5 heteroatoms. The predicted octanol–water partition coefficient (Wildman–Crippen LogP) is -0.829. The lowest BCUT2D eigenvalue weighted by molar-refractivity contribution is -0.135. The molecule has 3 atom stereocenters. The zero-order valence-corrected chi connectivity index (χ0v) is 9.04. The number of rotatable bonds is 4. The van der Waals surface area contributed by atoms with Crippen LogP contribution in [-0.2, 0) is 9.53 Å². The number of ether oxygens (including phenoxy) is 1. The van der Waals surface area contributed by atoms with Gasteiger partial charge in [-0.15, -0.1) is 0 Å². The first-order valence-electron chi connectivity index (χ1n) is 5.06. The molecule has 0 unspecified atom stereocenters. The summed E-state index contributed by atoms with van der Waals surface area (Å²) in [6.45, 7) is 2.22. The van der Waals surface area contributed by atoms with Crippen molar-refractivity contribution in [2.45, 2.75) is 25.2 Å². The number of carbonyl (C=O) groups is 1. The zero-order chi connectivity index (χ0) is 12.1. The first kappa shape index (κ1) is 13.1. The molecule has 0 bridgehead atoms. The van der Waals surface area contributed by atoms with Gasteiger partial charge in [0.15, 0.2) is 5.78 Å². The minimum Gasteiger partial charge on any atom is -0.387 e. The predicted molar refractivity (Wildman–Crippen MR) is 56.7 cm³/mol. The minimum atomic E-state index is -1.57. The molecule has 0 heterocycles. The molecule has 3 N–H and O–H groups in total. The number of carbonyl (C=O) groups excluding carboxylic acids is 1. The second-order valence-corrected chi connectivity index (χ2v) is 3.57. The monoisotopic (exact) mass is 228 g/mol. The molecule has 0 aromatic carbocycles. The molecule has 0 aromatic heterocycles. The van der Waals surface area contributed by atoms with Gasteiger partial charge in [0.2, 0.25) is 0 Å². The highest BCUT2D eigenvalue weighted by molar-refractivity contribution is 6.00. The van der Waals surface area contributed by atoms with Gasteiger partial charge in [-0.25, -0.2) is 0 Å². The molecule has 5 nitrogen and oxygen atoms in total. The molecular weight excluding hydrogens is 212 g/mol. The molecule has 0 saturated heterocycles. The molecule has 0 radical (unpaired) electrons.